The van der Waals surface area contributed by atoms with Crippen molar-refractivity contribution in [3.05, 3.63) is 40.4 Å². The van der Waals surface area contributed by atoms with Crippen LogP contribution in [-0.4, -0.2) is 56.7 Å². The minimum atomic E-state index is -0.636. The van der Waals surface area contributed by atoms with E-state index in [4.69, 9.17) is 0 Å². The number of benzene rings is 1. The van der Waals surface area contributed by atoms with Crippen LogP contribution < -0.4 is 10.2 Å². The van der Waals surface area contributed by atoms with E-state index in [0.717, 1.165) is 16.4 Å². The van der Waals surface area contributed by atoms with E-state index in [1.54, 1.807) is 31.2 Å². The van der Waals surface area contributed by atoms with E-state index in [9.17, 15) is 19.2 Å². The van der Waals surface area contributed by atoms with Crippen molar-refractivity contribution in [2.24, 2.45) is 0 Å². The van der Waals surface area contributed by atoms with Crippen LogP contribution in [0.15, 0.2) is 24.3 Å². The molecule has 2 fully saturated rings. The molecule has 0 saturated carbocycles. The van der Waals surface area contributed by atoms with Gasteiger partial charge in [0.2, 0.25) is 0 Å². The van der Waals surface area contributed by atoms with Gasteiger partial charge in [-0.2, -0.15) is 0 Å². The molecule has 4 rings (SSSR count). The first kappa shape index (κ1) is 19.2. The maximum atomic E-state index is 13.0. The van der Waals surface area contributed by atoms with Crippen molar-refractivity contribution >= 4 is 40.8 Å². The van der Waals surface area contributed by atoms with E-state index in [1.807, 2.05) is 0 Å². The molecule has 0 radical (unpaired) electrons. The highest BCUT2D eigenvalue weighted by Crippen LogP contribution is 2.31. The van der Waals surface area contributed by atoms with Crippen molar-refractivity contribution in [1.29, 1.82) is 0 Å². The number of aromatic nitrogens is 2. The summed E-state index contributed by atoms with van der Waals surface area (Å²) < 4.78 is 3.77. The summed E-state index contributed by atoms with van der Waals surface area (Å²) in [5.41, 5.74) is 1.38. The molecule has 2 aliphatic heterocycles. The van der Waals surface area contributed by atoms with E-state index in [0.29, 0.717) is 41.2 Å². The smallest absolute Gasteiger partial charge is 0.332 e. The second-order valence-electron chi connectivity index (χ2n) is 7.15. The lowest BCUT2D eigenvalue weighted by Gasteiger charge is -2.32. The number of anilines is 1. The summed E-state index contributed by atoms with van der Waals surface area (Å²) in [5.74, 6) is -0.747. The van der Waals surface area contributed by atoms with E-state index < -0.39 is 12.1 Å². The van der Waals surface area contributed by atoms with Crippen molar-refractivity contribution in [1.82, 2.24) is 19.8 Å². The van der Waals surface area contributed by atoms with E-state index >= 15 is 0 Å². The number of hydrogen-bond donors (Lipinski definition) is 1. The molecule has 0 spiro atoms. The topological polar surface area (TPSA) is 113 Å². The quantitative estimate of drug-likeness (QED) is 0.604. The van der Waals surface area contributed by atoms with Gasteiger partial charge in [-0.15, -0.1) is 5.10 Å². The lowest BCUT2D eigenvalue weighted by Crippen LogP contribution is -2.49. The number of nitrogens with one attached hydrogen (secondary N) is 1. The van der Waals surface area contributed by atoms with Crippen molar-refractivity contribution in [2.75, 3.05) is 11.4 Å². The number of carbonyl (C=O) groups is 4. The molecule has 2 saturated heterocycles. The average Bonchev–Trinajstić information content (AvgIpc) is 3.23. The van der Waals surface area contributed by atoms with Crippen molar-refractivity contribution in [3.8, 4) is 0 Å². The Kier molecular flexibility index (Phi) is 4.87. The van der Waals surface area contributed by atoms with Gasteiger partial charge in [0, 0.05) is 18.2 Å². The minimum absolute atomic E-state index is 0.140. The highest BCUT2D eigenvalue weighted by molar-refractivity contribution is 7.08. The number of ketones is 1. The summed E-state index contributed by atoms with van der Waals surface area (Å²) in [6.07, 6.45) is 0.887. The summed E-state index contributed by atoms with van der Waals surface area (Å²) in [6.45, 7) is 3.51. The van der Waals surface area contributed by atoms with Gasteiger partial charge in [0.1, 0.15) is 10.9 Å². The van der Waals surface area contributed by atoms with Crippen molar-refractivity contribution in [3.63, 3.8) is 0 Å². The third-order valence-corrected chi connectivity index (χ3v) is 6.08. The van der Waals surface area contributed by atoms with Gasteiger partial charge in [-0.05, 0) is 50.4 Å². The SMILES string of the molecule is CC(=O)c1cccc(N2C(=O)C3CC(NC(=O)c4snnc4C)CCN3C2=O)c1. The van der Waals surface area contributed by atoms with E-state index in [1.165, 1.54) is 11.8 Å². The van der Waals surface area contributed by atoms with Gasteiger partial charge in [-0.3, -0.25) is 14.4 Å². The van der Waals surface area contributed by atoms with Gasteiger partial charge in [-0.25, -0.2) is 9.69 Å². The molecule has 1 aromatic carbocycles. The predicted molar refractivity (Wildman–Crippen MR) is 105 cm³/mol. The summed E-state index contributed by atoms with van der Waals surface area (Å²) >= 11 is 1.03. The number of Topliss-reactive ketones (excluding diaryl/α,β-unsaturated/α-hetero) is 1. The van der Waals surface area contributed by atoms with Crippen LogP contribution in [0.4, 0.5) is 10.5 Å². The highest BCUT2D eigenvalue weighted by atomic mass is 32.1. The van der Waals surface area contributed by atoms with Crippen molar-refractivity contribution in [2.45, 2.75) is 38.8 Å². The molecule has 0 bridgehead atoms. The lowest BCUT2D eigenvalue weighted by atomic mass is 9.98. The molecule has 2 aliphatic rings. The van der Waals surface area contributed by atoms with Crippen LogP contribution in [0, 0.1) is 6.92 Å². The zero-order chi connectivity index (χ0) is 20.7. The number of fused-ring (bicyclic) bond motifs is 1. The zero-order valence-corrected chi connectivity index (χ0v) is 16.7. The van der Waals surface area contributed by atoms with E-state index in [2.05, 4.69) is 14.9 Å². The lowest BCUT2D eigenvalue weighted by molar-refractivity contribution is -0.120. The molecule has 3 heterocycles. The number of nitrogens with zero attached hydrogens (tertiary/aromatic N) is 4. The van der Waals surface area contributed by atoms with Crippen LogP contribution in [0.5, 0.6) is 0 Å². The number of carbonyl (C=O) groups excluding carboxylic acids is 4. The predicted octanol–water partition coefficient (Wildman–Crippen LogP) is 1.78. The summed E-state index contributed by atoms with van der Waals surface area (Å²) in [6, 6.07) is 5.22. The summed E-state index contributed by atoms with van der Waals surface area (Å²) in [7, 11) is 0. The standard InChI is InChI=1S/C19H19N5O4S/c1-10-16(29-22-21-10)17(26)20-13-6-7-23-15(9-13)18(27)24(19(23)28)14-5-3-4-12(8-14)11(2)25/h3-5,8,13,15H,6-7,9H2,1-2H3,(H,20,26). The molecule has 10 heteroatoms. The third kappa shape index (κ3) is 3.39. The molecule has 2 atom stereocenters. The van der Waals surface area contributed by atoms with Crippen molar-refractivity contribution < 1.29 is 19.2 Å². The Hall–Kier alpha value is -3.14. The van der Waals surface area contributed by atoms with Gasteiger partial charge in [0.25, 0.3) is 11.8 Å². The van der Waals surface area contributed by atoms with Gasteiger partial charge >= 0.3 is 6.03 Å². The molecule has 29 heavy (non-hydrogen) atoms. The Labute approximate surface area is 170 Å². The van der Waals surface area contributed by atoms with Crippen LogP contribution >= 0.6 is 11.5 Å². The first-order valence-corrected chi connectivity index (χ1v) is 9.99. The summed E-state index contributed by atoms with van der Waals surface area (Å²) in [4.78, 5) is 53.0. The molecule has 2 aromatic rings. The normalized spacial score (nSPS) is 21.3. The number of imide groups is 1. The zero-order valence-electron chi connectivity index (χ0n) is 15.9. The Bertz CT molecular complexity index is 1020. The number of hydrogen-bond acceptors (Lipinski definition) is 7. The number of piperidine rings is 1. The largest absolute Gasteiger partial charge is 0.348 e. The highest BCUT2D eigenvalue weighted by Gasteiger charge is 2.48. The Morgan fingerprint density at radius 2 is 2.07 bits per heavy atom. The maximum Gasteiger partial charge on any atom is 0.332 e. The molecule has 2 unspecified atom stereocenters. The van der Waals surface area contributed by atoms with Crippen LogP contribution in [0.25, 0.3) is 0 Å². The fraction of sp³-hybridized carbons (Fsp3) is 0.368. The van der Waals surface area contributed by atoms with Gasteiger partial charge < -0.3 is 10.2 Å². The number of aryl methyl sites for hydroxylation is 1. The van der Waals surface area contributed by atoms with Gasteiger partial charge in [0.15, 0.2) is 5.78 Å². The Morgan fingerprint density at radius 3 is 2.76 bits per heavy atom. The molecule has 9 nitrogen and oxygen atoms in total. The third-order valence-electron chi connectivity index (χ3n) is 5.25. The average molecular weight is 413 g/mol. The summed E-state index contributed by atoms with van der Waals surface area (Å²) in [5, 5.41) is 6.77. The molecule has 1 aromatic heterocycles. The van der Waals surface area contributed by atoms with Crippen LogP contribution in [0.1, 0.15) is 45.5 Å². The second-order valence-corrected chi connectivity index (χ2v) is 7.91. The Balaban J connectivity index is 1.51. The monoisotopic (exact) mass is 413 g/mol. The number of amides is 4. The van der Waals surface area contributed by atoms with Gasteiger partial charge in [0.05, 0.1) is 11.4 Å². The maximum absolute atomic E-state index is 13.0. The molecule has 4 amide bonds. The minimum Gasteiger partial charge on any atom is -0.348 e. The molecule has 1 N–H and O–H groups in total. The van der Waals surface area contributed by atoms with Crippen LogP contribution in [0.2, 0.25) is 0 Å². The Morgan fingerprint density at radius 1 is 1.28 bits per heavy atom. The van der Waals surface area contributed by atoms with Crippen LogP contribution in [0.3, 0.4) is 0 Å². The molecule has 150 valence electrons. The van der Waals surface area contributed by atoms with E-state index in [-0.39, 0.29) is 23.6 Å². The molecule has 0 aliphatic carbocycles. The number of rotatable bonds is 4. The fourth-order valence-corrected chi connectivity index (χ4v) is 4.28. The fourth-order valence-electron chi connectivity index (χ4n) is 3.72. The second kappa shape index (κ2) is 7.36. The number of urea groups is 1. The van der Waals surface area contributed by atoms with Gasteiger partial charge in [-0.1, -0.05) is 16.6 Å². The first-order valence-electron chi connectivity index (χ1n) is 9.22. The first-order chi connectivity index (χ1) is 13.9. The van der Waals surface area contributed by atoms with Crippen LogP contribution in [-0.2, 0) is 4.79 Å². The molecular weight excluding hydrogens is 394 g/mol. The molecular formula is C19H19N5O4S.